The molecule has 0 fully saturated rings. The predicted octanol–water partition coefficient (Wildman–Crippen LogP) is 7.07. The van der Waals surface area contributed by atoms with Crippen LogP contribution in [0, 0.1) is 0 Å². The Morgan fingerprint density at radius 2 is 2.14 bits per heavy atom. The van der Waals surface area contributed by atoms with Crippen LogP contribution in [0.5, 0.6) is 11.5 Å². The van der Waals surface area contributed by atoms with Gasteiger partial charge in [0.15, 0.2) is 5.76 Å². The van der Waals surface area contributed by atoms with E-state index in [4.69, 9.17) is 20.8 Å². The summed E-state index contributed by atoms with van der Waals surface area (Å²) in [6.45, 7) is 0. The minimum absolute atomic E-state index is 0.00352. The standard InChI is InChI=1S/C24H21ClIN5O4S2/c1-34-20-5-2-4-19(33)22(20)31-23(21-6-3-11-35-21)28-29-24(31)30(9-13-36-26)37-12-8-18-16(7-10-32)14-17(25)15-27-18/h2-7,9-11,13-15,32-33H,8,12H2,1H3/b10-7+,13-9+. The Hall–Kier alpha value is -2.81. The molecule has 4 rings (SSSR count). The average molecular weight is 670 g/mol. The number of hydrogen-bond acceptors (Lipinski definition) is 10. The number of anilines is 1. The first-order valence-electron chi connectivity index (χ1n) is 10.7. The van der Waals surface area contributed by atoms with E-state index in [-0.39, 0.29) is 5.75 Å². The van der Waals surface area contributed by atoms with Crippen molar-refractivity contribution in [2.75, 3.05) is 17.2 Å². The molecule has 0 saturated heterocycles. The quantitative estimate of drug-likeness (QED) is 0.0978. The molecule has 0 spiro atoms. The van der Waals surface area contributed by atoms with Crippen LogP contribution >= 0.6 is 53.7 Å². The summed E-state index contributed by atoms with van der Waals surface area (Å²) in [5, 5.41) is 31.3. The Bertz CT molecular complexity index is 1400. The fourth-order valence-corrected chi connectivity index (χ4v) is 5.16. The maximum atomic E-state index is 10.8. The number of ether oxygens (including phenoxy) is 1. The molecule has 0 aliphatic rings. The number of phenols is 1. The molecule has 0 amide bonds. The predicted molar refractivity (Wildman–Crippen MR) is 158 cm³/mol. The molecule has 0 bridgehead atoms. The number of hydrogen-bond donors (Lipinski definition) is 2. The molecule has 4 aromatic rings. The van der Waals surface area contributed by atoms with Crippen molar-refractivity contribution in [3.63, 3.8) is 0 Å². The molecule has 2 N–H and O–H groups in total. The number of aromatic hydroxyl groups is 1. The van der Waals surface area contributed by atoms with Crippen molar-refractivity contribution in [2.45, 2.75) is 6.42 Å². The van der Waals surface area contributed by atoms with Crippen molar-refractivity contribution in [3.8, 4) is 28.8 Å². The lowest BCUT2D eigenvalue weighted by molar-refractivity contribution is 0.405. The highest BCUT2D eigenvalue weighted by Gasteiger charge is 2.26. The second kappa shape index (κ2) is 13.1. The number of nitrogens with zero attached hydrogens (tertiary/aromatic N) is 5. The zero-order valence-electron chi connectivity index (χ0n) is 19.4. The zero-order valence-corrected chi connectivity index (χ0v) is 23.9. The maximum absolute atomic E-state index is 10.8. The summed E-state index contributed by atoms with van der Waals surface area (Å²) in [5.41, 5.74) is 1.91. The first-order valence-corrected chi connectivity index (χ1v) is 15.5. The van der Waals surface area contributed by atoms with E-state index in [0.29, 0.717) is 46.2 Å². The summed E-state index contributed by atoms with van der Waals surface area (Å²) in [6, 6.07) is 10.3. The molecule has 0 radical (unpaired) electrons. The third kappa shape index (κ3) is 6.37. The van der Waals surface area contributed by atoms with E-state index in [1.807, 2.05) is 15.9 Å². The normalized spacial score (nSPS) is 11.5. The SMILES string of the molecule is COc1cccc(O)c1-n1c(-c2ccco2)nnc1N(/C=C/SI)SCCc1ncc(Cl)cc1/C=C/O. The summed E-state index contributed by atoms with van der Waals surface area (Å²) in [7, 11) is 3.04. The number of pyridine rings is 1. The largest absolute Gasteiger partial charge is 0.516 e. The van der Waals surface area contributed by atoms with Crippen LogP contribution in [0.1, 0.15) is 11.3 Å². The van der Waals surface area contributed by atoms with E-state index in [1.54, 1.807) is 59.5 Å². The summed E-state index contributed by atoms with van der Waals surface area (Å²) in [6.07, 6.45) is 8.10. The van der Waals surface area contributed by atoms with E-state index in [0.717, 1.165) is 17.5 Å². The van der Waals surface area contributed by atoms with Gasteiger partial charge in [-0.2, -0.15) is 0 Å². The van der Waals surface area contributed by atoms with E-state index >= 15 is 0 Å². The number of furan rings is 1. The van der Waals surface area contributed by atoms with Gasteiger partial charge in [-0.1, -0.05) is 26.6 Å². The van der Waals surface area contributed by atoms with Gasteiger partial charge < -0.3 is 19.4 Å². The second-order valence-electron chi connectivity index (χ2n) is 7.25. The van der Waals surface area contributed by atoms with Crippen molar-refractivity contribution in [1.29, 1.82) is 0 Å². The number of para-hydroxylation sites is 1. The Morgan fingerprint density at radius 3 is 2.86 bits per heavy atom. The highest BCUT2D eigenvalue weighted by atomic mass is 127. The number of rotatable bonds is 11. The lowest BCUT2D eigenvalue weighted by Gasteiger charge is -2.21. The molecule has 13 heteroatoms. The summed E-state index contributed by atoms with van der Waals surface area (Å²) < 4.78 is 14.7. The van der Waals surface area contributed by atoms with Gasteiger partial charge in [-0.05, 0) is 53.8 Å². The van der Waals surface area contributed by atoms with Crippen molar-refractivity contribution in [2.24, 2.45) is 0 Å². The molecule has 0 aliphatic heterocycles. The number of aliphatic hydroxyl groups excluding tert-OH is 1. The van der Waals surface area contributed by atoms with Crippen LogP contribution in [0.2, 0.25) is 5.02 Å². The molecular formula is C24H21ClIN5O4S2. The molecule has 0 saturated carbocycles. The number of phenolic OH excluding ortho intramolecular Hbond substituents is 1. The third-order valence-corrected chi connectivity index (χ3v) is 7.31. The second-order valence-corrected chi connectivity index (χ2v) is 10.7. The van der Waals surface area contributed by atoms with E-state index in [1.165, 1.54) is 28.0 Å². The molecule has 1 aromatic carbocycles. The monoisotopic (exact) mass is 669 g/mol. The summed E-state index contributed by atoms with van der Waals surface area (Å²) in [4.78, 5) is 4.42. The van der Waals surface area contributed by atoms with Gasteiger partial charge in [-0.3, -0.25) is 13.9 Å². The van der Waals surface area contributed by atoms with Gasteiger partial charge in [-0.25, -0.2) is 0 Å². The maximum Gasteiger partial charge on any atom is 0.246 e. The number of methoxy groups -OCH3 is 1. The van der Waals surface area contributed by atoms with Gasteiger partial charge in [0.05, 0.1) is 24.7 Å². The molecule has 0 aliphatic carbocycles. The first-order chi connectivity index (χ1) is 18.1. The van der Waals surface area contributed by atoms with Gasteiger partial charge in [0.2, 0.25) is 11.8 Å². The van der Waals surface area contributed by atoms with Crippen LogP contribution in [0.4, 0.5) is 5.95 Å². The van der Waals surface area contributed by atoms with Gasteiger partial charge in [0.1, 0.15) is 17.2 Å². The number of aliphatic hydroxyl groups is 1. The van der Waals surface area contributed by atoms with E-state index in [2.05, 4.69) is 36.4 Å². The minimum Gasteiger partial charge on any atom is -0.516 e. The smallest absolute Gasteiger partial charge is 0.246 e. The van der Waals surface area contributed by atoms with Crippen molar-refractivity contribution in [1.82, 2.24) is 19.7 Å². The molecule has 0 unspecified atom stereocenters. The Labute approximate surface area is 238 Å². The number of aromatic nitrogens is 4. The molecule has 0 atom stereocenters. The summed E-state index contributed by atoms with van der Waals surface area (Å²) >= 11 is 9.72. The summed E-state index contributed by atoms with van der Waals surface area (Å²) in [5.74, 6) is 2.35. The fraction of sp³-hybridized carbons (Fsp3) is 0.125. The van der Waals surface area contributed by atoms with Crippen LogP contribution in [-0.2, 0) is 6.42 Å². The molecule has 37 heavy (non-hydrogen) atoms. The van der Waals surface area contributed by atoms with Gasteiger partial charge in [-0.15, -0.1) is 10.2 Å². The van der Waals surface area contributed by atoms with Crippen molar-refractivity contribution in [3.05, 3.63) is 83.0 Å². The van der Waals surface area contributed by atoms with Gasteiger partial charge >= 0.3 is 0 Å². The highest BCUT2D eigenvalue weighted by Crippen LogP contribution is 2.39. The molecule has 3 heterocycles. The van der Waals surface area contributed by atoms with Crippen LogP contribution in [0.25, 0.3) is 23.3 Å². The third-order valence-electron chi connectivity index (χ3n) is 5.05. The number of benzene rings is 1. The van der Waals surface area contributed by atoms with E-state index in [9.17, 15) is 10.2 Å². The number of aryl methyl sites for hydroxylation is 1. The average Bonchev–Trinajstić information content (AvgIpc) is 3.57. The molecular weight excluding hydrogens is 649 g/mol. The minimum atomic E-state index is -0.00352. The molecule has 3 aromatic heterocycles. The van der Waals surface area contributed by atoms with Gasteiger partial charge in [0.25, 0.3) is 0 Å². The van der Waals surface area contributed by atoms with Crippen LogP contribution in [0.15, 0.2) is 71.1 Å². The first kappa shape index (κ1) is 27.2. The van der Waals surface area contributed by atoms with Crippen LogP contribution in [0.3, 0.4) is 0 Å². The fourth-order valence-electron chi connectivity index (χ4n) is 3.49. The lowest BCUT2D eigenvalue weighted by Crippen LogP contribution is -2.14. The molecule has 192 valence electrons. The van der Waals surface area contributed by atoms with Crippen molar-refractivity contribution < 1.29 is 19.4 Å². The Balaban J connectivity index is 1.73. The van der Waals surface area contributed by atoms with Crippen molar-refractivity contribution >= 4 is 65.7 Å². The van der Waals surface area contributed by atoms with Crippen LogP contribution < -0.4 is 9.04 Å². The van der Waals surface area contributed by atoms with Gasteiger partial charge in [0, 0.05) is 57.0 Å². The topological polar surface area (TPSA) is 110 Å². The number of halogens is 2. The zero-order chi connectivity index (χ0) is 26.2. The molecule has 9 nitrogen and oxygen atoms in total. The lowest BCUT2D eigenvalue weighted by atomic mass is 10.1. The Kier molecular flexibility index (Phi) is 9.66. The van der Waals surface area contributed by atoms with Crippen LogP contribution in [-0.4, -0.2) is 42.8 Å². The highest BCUT2D eigenvalue weighted by molar-refractivity contribution is 14.2. The van der Waals surface area contributed by atoms with E-state index < -0.39 is 0 Å². The Morgan fingerprint density at radius 1 is 1.27 bits per heavy atom.